The molecule has 0 fully saturated rings. The second kappa shape index (κ2) is 9.31. The van der Waals surface area contributed by atoms with Gasteiger partial charge < -0.3 is 9.47 Å². The second-order valence-electron chi connectivity index (χ2n) is 6.46. The third-order valence-electron chi connectivity index (χ3n) is 4.33. The number of benzene rings is 3. The summed E-state index contributed by atoms with van der Waals surface area (Å²) in [6.07, 6.45) is -1.74. The quantitative estimate of drug-likeness (QED) is 0.343. The van der Waals surface area contributed by atoms with E-state index >= 15 is 0 Å². The normalized spacial score (nSPS) is 11.5. The van der Waals surface area contributed by atoms with E-state index < -0.39 is 17.5 Å². The fourth-order valence-corrected chi connectivity index (χ4v) is 2.76. The minimum Gasteiger partial charge on any atom is -0.493 e. The number of halogens is 3. The first-order chi connectivity index (χ1) is 14.4. The van der Waals surface area contributed by atoms with Crippen LogP contribution in [-0.4, -0.2) is 12.9 Å². The SMILES string of the molecule is COc1ccc(C=CC(=O)c2cccc(C(F)(F)F)c2)cc1OCc1ccccc1. The van der Waals surface area contributed by atoms with E-state index in [-0.39, 0.29) is 5.56 Å². The van der Waals surface area contributed by atoms with Crippen LogP contribution in [-0.2, 0) is 12.8 Å². The van der Waals surface area contributed by atoms with Gasteiger partial charge in [0.2, 0.25) is 0 Å². The molecule has 6 heteroatoms. The molecule has 0 aromatic heterocycles. The van der Waals surface area contributed by atoms with Gasteiger partial charge in [0.25, 0.3) is 0 Å². The topological polar surface area (TPSA) is 35.5 Å². The Bertz CT molecular complexity index is 1040. The van der Waals surface area contributed by atoms with Crippen molar-refractivity contribution in [1.29, 1.82) is 0 Å². The van der Waals surface area contributed by atoms with Gasteiger partial charge in [-0.2, -0.15) is 13.2 Å². The number of alkyl halides is 3. The number of ether oxygens (including phenoxy) is 2. The van der Waals surface area contributed by atoms with Gasteiger partial charge in [-0.1, -0.05) is 54.6 Å². The summed E-state index contributed by atoms with van der Waals surface area (Å²) in [6, 6.07) is 19.1. The Hall–Kier alpha value is -3.54. The zero-order valence-corrected chi connectivity index (χ0v) is 16.1. The van der Waals surface area contributed by atoms with Crippen molar-refractivity contribution >= 4 is 11.9 Å². The van der Waals surface area contributed by atoms with Crippen molar-refractivity contribution in [3.63, 3.8) is 0 Å². The van der Waals surface area contributed by atoms with Crippen LogP contribution < -0.4 is 9.47 Å². The largest absolute Gasteiger partial charge is 0.493 e. The van der Waals surface area contributed by atoms with Crippen molar-refractivity contribution < 1.29 is 27.4 Å². The van der Waals surface area contributed by atoms with E-state index in [1.807, 2.05) is 30.3 Å². The Morgan fingerprint density at radius 1 is 0.933 bits per heavy atom. The maximum atomic E-state index is 12.8. The van der Waals surface area contributed by atoms with Gasteiger partial charge in [0.05, 0.1) is 12.7 Å². The molecule has 0 aliphatic carbocycles. The van der Waals surface area contributed by atoms with Crippen molar-refractivity contribution in [3.8, 4) is 11.5 Å². The maximum absolute atomic E-state index is 12.8. The molecule has 154 valence electrons. The fourth-order valence-electron chi connectivity index (χ4n) is 2.76. The highest BCUT2D eigenvalue weighted by atomic mass is 19.4. The monoisotopic (exact) mass is 412 g/mol. The summed E-state index contributed by atoms with van der Waals surface area (Å²) in [7, 11) is 1.53. The molecule has 3 aromatic rings. The molecule has 3 nitrogen and oxygen atoms in total. The Labute approximate surface area is 172 Å². The fraction of sp³-hybridized carbons (Fsp3) is 0.125. The molecule has 0 heterocycles. The molecule has 0 radical (unpaired) electrons. The first-order valence-corrected chi connectivity index (χ1v) is 9.11. The van der Waals surface area contributed by atoms with E-state index in [0.29, 0.717) is 23.7 Å². The zero-order valence-electron chi connectivity index (χ0n) is 16.1. The molecule has 0 aliphatic rings. The predicted octanol–water partition coefficient (Wildman–Crippen LogP) is 6.19. The lowest BCUT2D eigenvalue weighted by Crippen LogP contribution is -2.06. The highest BCUT2D eigenvalue weighted by molar-refractivity contribution is 6.06. The zero-order chi connectivity index (χ0) is 21.6. The number of carbonyl (C=O) groups is 1. The summed E-state index contributed by atoms with van der Waals surface area (Å²) in [5, 5.41) is 0. The van der Waals surface area contributed by atoms with Gasteiger partial charge in [-0.15, -0.1) is 0 Å². The Kier molecular flexibility index (Phi) is 6.57. The van der Waals surface area contributed by atoms with Gasteiger partial charge in [-0.3, -0.25) is 4.79 Å². The molecule has 3 aromatic carbocycles. The van der Waals surface area contributed by atoms with E-state index in [2.05, 4.69) is 0 Å². The van der Waals surface area contributed by atoms with Gasteiger partial charge >= 0.3 is 6.18 Å². The summed E-state index contributed by atoms with van der Waals surface area (Å²) < 4.78 is 49.7. The highest BCUT2D eigenvalue weighted by Crippen LogP contribution is 2.31. The molecule has 0 atom stereocenters. The first kappa shape index (κ1) is 21.2. The minimum atomic E-state index is -4.50. The number of methoxy groups -OCH3 is 1. The van der Waals surface area contributed by atoms with Crippen LogP contribution in [0.1, 0.15) is 27.0 Å². The standard InChI is InChI=1S/C24H19F3O3/c1-29-22-13-11-17(14-23(22)30-16-18-6-3-2-4-7-18)10-12-21(28)19-8-5-9-20(15-19)24(25,26)27/h2-15H,16H2,1H3. The molecule has 30 heavy (non-hydrogen) atoms. The van der Waals surface area contributed by atoms with Crippen LogP contribution in [0.4, 0.5) is 13.2 Å². The lowest BCUT2D eigenvalue weighted by atomic mass is 10.1. The van der Waals surface area contributed by atoms with E-state index in [0.717, 1.165) is 17.7 Å². The third kappa shape index (κ3) is 5.50. The lowest BCUT2D eigenvalue weighted by Gasteiger charge is -2.11. The number of rotatable bonds is 7. The van der Waals surface area contributed by atoms with Gasteiger partial charge in [0.1, 0.15) is 6.61 Å². The summed E-state index contributed by atoms with van der Waals surface area (Å²) in [5.74, 6) is 0.506. The van der Waals surface area contributed by atoms with Crippen molar-refractivity contribution in [1.82, 2.24) is 0 Å². The van der Waals surface area contributed by atoms with Crippen LogP contribution in [0.3, 0.4) is 0 Å². The van der Waals surface area contributed by atoms with Crippen LogP contribution in [0, 0.1) is 0 Å². The van der Waals surface area contributed by atoms with Crippen molar-refractivity contribution in [2.45, 2.75) is 12.8 Å². The van der Waals surface area contributed by atoms with E-state index in [1.165, 1.54) is 31.4 Å². The number of hydrogen-bond acceptors (Lipinski definition) is 3. The highest BCUT2D eigenvalue weighted by Gasteiger charge is 2.30. The van der Waals surface area contributed by atoms with E-state index in [9.17, 15) is 18.0 Å². The molecule has 0 amide bonds. The summed E-state index contributed by atoms with van der Waals surface area (Å²) in [6.45, 7) is 0.341. The molecule has 0 saturated carbocycles. The molecule has 0 aliphatic heterocycles. The van der Waals surface area contributed by atoms with E-state index in [1.54, 1.807) is 18.2 Å². The Morgan fingerprint density at radius 2 is 1.70 bits per heavy atom. The van der Waals surface area contributed by atoms with Gasteiger partial charge in [0, 0.05) is 5.56 Å². The van der Waals surface area contributed by atoms with Crippen LogP contribution >= 0.6 is 0 Å². The molecule has 0 unspecified atom stereocenters. The van der Waals surface area contributed by atoms with Crippen molar-refractivity contribution in [2.24, 2.45) is 0 Å². The number of carbonyl (C=O) groups excluding carboxylic acids is 1. The molecular formula is C24H19F3O3. The molecule has 0 bridgehead atoms. The average molecular weight is 412 g/mol. The van der Waals surface area contributed by atoms with E-state index in [4.69, 9.17) is 9.47 Å². The number of allylic oxidation sites excluding steroid dienone is 1. The lowest BCUT2D eigenvalue weighted by molar-refractivity contribution is -0.137. The first-order valence-electron chi connectivity index (χ1n) is 9.11. The van der Waals surface area contributed by atoms with Gasteiger partial charge in [-0.05, 0) is 41.5 Å². The van der Waals surface area contributed by atoms with Crippen LogP contribution in [0.5, 0.6) is 11.5 Å². The van der Waals surface area contributed by atoms with Crippen LogP contribution in [0.2, 0.25) is 0 Å². The summed E-state index contributed by atoms with van der Waals surface area (Å²) >= 11 is 0. The Balaban J connectivity index is 1.76. The van der Waals surface area contributed by atoms with Crippen LogP contribution in [0.15, 0.2) is 78.9 Å². The summed E-state index contributed by atoms with van der Waals surface area (Å²) in [5.41, 5.74) is 0.748. The smallest absolute Gasteiger partial charge is 0.416 e. The molecule has 3 rings (SSSR count). The summed E-state index contributed by atoms with van der Waals surface area (Å²) in [4.78, 5) is 12.3. The molecule has 0 saturated heterocycles. The number of ketones is 1. The van der Waals surface area contributed by atoms with Crippen LogP contribution in [0.25, 0.3) is 6.08 Å². The molecular weight excluding hydrogens is 393 g/mol. The van der Waals surface area contributed by atoms with Gasteiger partial charge in [0.15, 0.2) is 17.3 Å². The minimum absolute atomic E-state index is 0.0323. The third-order valence-corrected chi connectivity index (χ3v) is 4.33. The van der Waals surface area contributed by atoms with Crippen molar-refractivity contribution in [2.75, 3.05) is 7.11 Å². The average Bonchev–Trinajstić information content (AvgIpc) is 2.76. The van der Waals surface area contributed by atoms with Gasteiger partial charge in [-0.25, -0.2) is 0 Å². The molecule has 0 spiro atoms. The Morgan fingerprint density at radius 3 is 2.40 bits per heavy atom. The number of hydrogen-bond donors (Lipinski definition) is 0. The molecule has 0 N–H and O–H groups in total. The predicted molar refractivity (Wildman–Crippen MR) is 109 cm³/mol. The van der Waals surface area contributed by atoms with Crippen molar-refractivity contribution in [3.05, 3.63) is 101 Å². The maximum Gasteiger partial charge on any atom is 0.416 e. The second-order valence-corrected chi connectivity index (χ2v) is 6.46.